The van der Waals surface area contributed by atoms with Crippen molar-refractivity contribution in [3.63, 3.8) is 0 Å². The summed E-state index contributed by atoms with van der Waals surface area (Å²) in [4.78, 5) is 26.2. The molecule has 0 aliphatic carbocycles. The third-order valence-electron chi connectivity index (χ3n) is 4.46. The molecular weight excluding hydrogens is 316 g/mol. The van der Waals surface area contributed by atoms with Gasteiger partial charge in [-0.25, -0.2) is 0 Å². The van der Waals surface area contributed by atoms with E-state index in [9.17, 15) is 9.59 Å². The molecule has 2 aromatic rings. The molecule has 1 fully saturated rings. The number of nitrogens with zero attached hydrogens (tertiary/aromatic N) is 1. The summed E-state index contributed by atoms with van der Waals surface area (Å²) in [5, 5.41) is 3.00. The molecule has 5 nitrogen and oxygen atoms in total. The summed E-state index contributed by atoms with van der Waals surface area (Å²) >= 11 is 0. The van der Waals surface area contributed by atoms with Crippen LogP contribution < -0.4 is 15.0 Å². The van der Waals surface area contributed by atoms with Crippen molar-refractivity contribution in [2.24, 2.45) is 0 Å². The van der Waals surface area contributed by atoms with Gasteiger partial charge >= 0.3 is 0 Å². The normalized spacial score (nSPS) is 15.1. The number of amides is 2. The highest BCUT2D eigenvalue weighted by Gasteiger charge is 2.22. The van der Waals surface area contributed by atoms with E-state index in [4.69, 9.17) is 4.74 Å². The predicted octanol–water partition coefficient (Wildman–Crippen LogP) is 3.31. The van der Waals surface area contributed by atoms with Gasteiger partial charge in [-0.1, -0.05) is 18.2 Å². The molecule has 1 aliphatic rings. The van der Waals surface area contributed by atoms with Gasteiger partial charge in [0, 0.05) is 24.2 Å². The number of anilines is 1. The molecule has 1 N–H and O–H groups in total. The number of rotatable bonds is 5. The minimum Gasteiger partial charge on any atom is -0.497 e. The molecule has 1 aliphatic heterocycles. The predicted molar refractivity (Wildman–Crippen MR) is 96.9 cm³/mol. The van der Waals surface area contributed by atoms with E-state index < -0.39 is 0 Å². The van der Waals surface area contributed by atoms with E-state index in [0.29, 0.717) is 18.5 Å². The first kappa shape index (κ1) is 17.0. The van der Waals surface area contributed by atoms with Crippen LogP contribution in [0.1, 0.15) is 41.7 Å². The second kappa shape index (κ2) is 7.38. The zero-order valence-corrected chi connectivity index (χ0v) is 14.5. The number of ether oxygens (including phenoxy) is 1. The van der Waals surface area contributed by atoms with Crippen LogP contribution in [-0.4, -0.2) is 25.5 Å². The highest BCUT2D eigenvalue weighted by molar-refractivity contribution is 5.99. The highest BCUT2D eigenvalue weighted by Crippen LogP contribution is 2.23. The van der Waals surface area contributed by atoms with Gasteiger partial charge in [0.1, 0.15) is 5.75 Å². The van der Waals surface area contributed by atoms with Gasteiger partial charge in [-0.15, -0.1) is 0 Å². The van der Waals surface area contributed by atoms with Crippen LogP contribution in [0.15, 0.2) is 48.5 Å². The Morgan fingerprint density at radius 1 is 1.20 bits per heavy atom. The summed E-state index contributed by atoms with van der Waals surface area (Å²) in [5.74, 6) is 0.742. The number of hydrogen-bond donors (Lipinski definition) is 1. The van der Waals surface area contributed by atoms with Crippen molar-refractivity contribution in [3.8, 4) is 5.75 Å². The second-order valence-corrected chi connectivity index (χ2v) is 6.17. The second-order valence-electron chi connectivity index (χ2n) is 6.17. The number of nitrogens with one attached hydrogen (secondary N) is 1. The molecule has 1 saturated heterocycles. The molecule has 2 amide bonds. The van der Waals surface area contributed by atoms with Crippen LogP contribution in [-0.2, 0) is 4.79 Å². The lowest BCUT2D eigenvalue weighted by Crippen LogP contribution is -2.27. The van der Waals surface area contributed by atoms with E-state index >= 15 is 0 Å². The summed E-state index contributed by atoms with van der Waals surface area (Å²) in [6.07, 6.45) is 1.44. The first-order valence-electron chi connectivity index (χ1n) is 8.44. The average molecular weight is 338 g/mol. The van der Waals surface area contributed by atoms with Gasteiger partial charge in [-0.05, 0) is 49.2 Å². The molecule has 0 radical (unpaired) electrons. The summed E-state index contributed by atoms with van der Waals surface area (Å²) in [7, 11) is 1.62. The molecule has 3 rings (SSSR count). The Bertz CT molecular complexity index is 771. The van der Waals surface area contributed by atoms with Gasteiger partial charge in [0.25, 0.3) is 5.91 Å². The lowest BCUT2D eigenvalue weighted by molar-refractivity contribution is -0.117. The largest absolute Gasteiger partial charge is 0.497 e. The highest BCUT2D eigenvalue weighted by atomic mass is 16.5. The summed E-state index contributed by atoms with van der Waals surface area (Å²) < 4.78 is 5.15. The smallest absolute Gasteiger partial charge is 0.251 e. The molecule has 0 saturated carbocycles. The third-order valence-corrected chi connectivity index (χ3v) is 4.46. The Kier molecular flexibility index (Phi) is 5.03. The fourth-order valence-electron chi connectivity index (χ4n) is 2.99. The molecule has 130 valence electrons. The molecule has 0 aromatic heterocycles. The van der Waals surface area contributed by atoms with E-state index in [-0.39, 0.29) is 17.9 Å². The zero-order chi connectivity index (χ0) is 17.8. The lowest BCUT2D eigenvalue weighted by Gasteiger charge is -2.18. The van der Waals surface area contributed by atoms with Crippen molar-refractivity contribution in [1.82, 2.24) is 5.32 Å². The molecule has 0 spiro atoms. The first-order chi connectivity index (χ1) is 12.1. The minimum atomic E-state index is -0.156. The van der Waals surface area contributed by atoms with Crippen molar-refractivity contribution < 1.29 is 14.3 Å². The Hall–Kier alpha value is -2.82. The van der Waals surface area contributed by atoms with Gasteiger partial charge in [0.05, 0.1) is 13.2 Å². The van der Waals surface area contributed by atoms with Gasteiger partial charge < -0.3 is 15.0 Å². The van der Waals surface area contributed by atoms with Crippen molar-refractivity contribution in [1.29, 1.82) is 0 Å². The van der Waals surface area contributed by atoms with Crippen molar-refractivity contribution >= 4 is 17.5 Å². The standard InChI is InChI=1S/C20H22N2O3/c1-14(15-8-10-18(25-2)11-9-15)21-20(24)16-5-3-6-17(13-16)22-12-4-7-19(22)23/h3,5-6,8-11,13-14H,4,7,12H2,1-2H3,(H,21,24)/t14-/m1/s1. The molecule has 5 heteroatoms. The van der Waals surface area contributed by atoms with Crippen LogP contribution >= 0.6 is 0 Å². The van der Waals surface area contributed by atoms with Crippen molar-refractivity contribution in [3.05, 3.63) is 59.7 Å². The molecule has 2 aromatic carbocycles. The monoisotopic (exact) mass is 338 g/mol. The number of benzene rings is 2. The van der Waals surface area contributed by atoms with Gasteiger partial charge in [0.2, 0.25) is 5.91 Å². The third kappa shape index (κ3) is 3.82. The van der Waals surface area contributed by atoms with Crippen LogP contribution in [0, 0.1) is 0 Å². The molecule has 25 heavy (non-hydrogen) atoms. The fraction of sp³-hybridized carbons (Fsp3) is 0.300. The Morgan fingerprint density at radius 2 is 1.96 bits per heavy atom. The number of methoxy groups -OCH3 is 1. The van der Waals surface area contributed by atoms with E-state index in [1.807, 2.05) is 43.3 Å². The summed E-state index contributed by atoms with van der Waals surface area (Å²) in [5.41, 5.74) is 2.34. The average Bonchev–Trinajstić information content (AvgIpc) is 3.07. The van der Waals surface area contributed by atoms with Crippen LogP contribution in [0.4, 0.5) is 5.69 Å². The lowest BCUT2D eigenvalue weighted by atomic mass is 10.1. The SMILES string of the molecule is COc1ccc([C@@H](C)NC(=O)c2cccc(N3CCCC3=O)c2)cc1. The molecule has 0 bridgehead atoms. The van der Waals surface area contributed by atoms with E-state index in [0.717, 1.165) is 23.4 Å². The van der Waals surface area contributed by atoms with E-state index in [2.05, 4.69) is 5.32 Å². The van der Waals surface area contributed by atoms with Crippen LogP contribution in [0.25, 0.3) is 0 Å². The van der Waals surface area contributed by atoms with Crippen LogP contribution in [0.3, 0.4) is 0 Å². The topological polar surface area (TPSA) is 58.6 Å². The maximum atomic E-state index is 12.6. The van der Waals surface area contributed by atoms with Gasteiger partial charge in [0.15, 0.2) is 0 Å². The first-order valence-corrected chi connectivity index (χ1v) is 8.44. The molecular formula is C20H22N2O3. The number of hydrogen-bond acceptors (Lipinski definition) is 3. The van der Waals surface area contributed by atoms with E-state index in [1.54, 1.807) is 24.1 Å². The zero-order valence-electron chi connectivity index (χ0n) is 14.5. The van der Waals surface area contributed by atoms with E-state index in [1.165, 1.54) is 0 Å². The Morgan fingerprint density at radius 3 is 2.60 bits per heavy atom. The number of carbonyl (C=O) groups is 2. The Balaban J connectivity index is 1.71. The summed E-state index contributed by atoms with van der Waals surface area (Å²) in [6.45, 7) is 2.65. The quantitative estimate of drug-likeness (QED) is 0.910. The molecule has 1 atom stereocenters. The minimum absolute atomic E-state index is 0.115. The van der Waals surface area contributed by atoms with Crippen molar-refractivity contribution in [2.75, 3.05) is 18.6 Å². The molecule has 0 unspecified atom stereocenters. The Labute approximate surface area is 147 Å². The fourth-order valence-corrected chi connectivity index (χ4v) is 2.99. The maximum absolute atomic E-state index is 12.6. The van der Waals surface area contributed by atoms with Crippen molar-refractivity contribution in [2.45, 2.75) is 25.8 Å². The maximum Gasteiger partial charge on any atom is 0.251 e. The molecule has 1 heterocycles. The van der Waals surface area contributed by atoms with Gasteiger partial charge in [-0.2, -0.15) is 0 Å². The van der Waals surface area contributed by atoms with Gasteiger partial charge in [-0.3, -0.25) is 9.59 Å². The summed E-state index contributed by atoms with van der Waals surface area (Å²) in [6, 6.07) is 14.7. The van der Waals surface area contributed by atoms with Crippen LogP contribution in [0.2, 0.25) is 0 Å². The van der Waals surface area contributed by atoms with Crippen LogP contribution in [0.5, 0.6) is 5.75 Å². The number of carbonyl (C=O) groups excluding carboxylic acids is 2.